The molecule has 5 nitrogen and oxygen atoms in total. The van der Waals surface area contributed by atoms with Crippen LogP contribution in [0.4, 0.5) is 4.39 Å². The lowest BCUT2D eigenvalue weighted by Gasteiger charge is -2.18. The van der Waals surface area contributed by atoms with Gasteiger partial charge in [0.2, 0.25) is 0 Å². The average molecular weight is 378 g/mol. The van der Waals surface area contributed by atoms with Gasteiger partial charge in [-0.2, -0.15) is 0 Å². The number of nitrogens with one attached hydrogen (secondary N) is 1. The van der Waals surface area contributed by atoms with E-state index in [1.165, 1.54) is 29.3 Å². The minimum Gasteiger partial charge on any atom is -0.462 e. The third kappa shape index (κ3) is 3.17. The molecule has 1 amide bonds. The van der Waals surface area contributed by atoms with Gasteiger partial charge >= 0.3 is 5.97 Å². The number of nitrogens with zero attached hydrogens (tertiary/aromatic N) is 1. The highest BCUT2D eigenvalue weighted by Gasteiger charge is 2.27. The normalized spacial score (nSPS) is 13.6. The third-order valence-electron chi connectivity index (χ3n) is 4.80. The summed E-state index contributed by atoms with van der Waals surface area (Å²) < 4.78 is 18.8. The van der Waals surface area contributed by atoms with Crippen LogP contribution in [0.3, 0.4) is 0 Å². The van der Waals surface area contributed by atoms with E-state index >= 15 is 0 Å². The summed E-state index contributed by atoms with van der Waals surface area (Å²) in [5.41, 5.74) is 3.07. The largest absolute Gasteiger partial charge is 0.462 e. The lowest BCUT2D eigenvalue weighted by Crippen LogP contribution is -2.28. The van der Waals surface area contributed by atoms with Crippen molar-refractivity contribution in [2.24, 2.45) is 0 Å². The maximum Gasteiger partial charge on any atom is 0.341 e. The molecule has 2 aromatic carbocycles. The number of carbonyl (C=O) groups is 2. The van der Waals surface area contributed by atoms with Gasteiger partial charge in [-0.15, -0.1) is 0 Å². The minimum atomic E-state index is -0.505. The van der Waals surface area contributed by atoms with Gasteiger partial charge in [-0.25, -0.2) is 9.18 Å². The summed E-state index contributed by atoms with van der Waals surface area (Å²) in [4.78, 5) is 30.3. The highest BCUT2D eigenvalue weighted by molar-refractivity contribution is 6.18. The van der Waals surface area contributed by atoms with Gasteiger partial charge in [0.05, 0.1) is 17.9 Å². The van der Waals surface area contributed by atoms with Crippen LogP contribution in [0.25, 0.3) is 16.5 Å². The lowest BCUT2D eigenvalue weighted by molar-refractivity contribution is -0.136. The number of benzene rings is 2. The van der Waals surface area contributed by atoms with E-state index in [0.29, 0.717) is 18.7 Å². The fourth-order valence-corrected chi connectivity index (χ4v) is 3.52. The van der Waals surface area contributed by atoms with E-state index in [4.69, 9.17) is 4.74 Å². The number of para-hydroxylation sites is 1. The molecule has 1 N–H and O–H groups in total. The van der Waals surface area contributed by atoms with Crippen molar-refractivity contribution in [3.05, 3.63) is 77.4 Å². The number of H-pyrrole nitrogens is 1. The Hall–Kier alpha value is -3.41. The highest BCUT2D eigenvalue weighted by atomic mass is 19.1. The summed E-state index contributed by atoms with van der Waals surface area (Å²) in [6, 6.07) is 13.3. The second-order valence-corrected chi connectivity index (χ2v) is 6.55. The van der Waals surface area contributed by atoms with E-state index in [1.807, 2.05) is 24.3 Å². The van der Waals surface area contributed by atoms with E-state index in [-0.39, 0.29) is 23.7 Å². The Morgan fingerprint density at radius 2 is 2.00 bits per heavy atom. The van der Waals surface area contributed by atoms with E-state index < -0.39 is 11.8 Å². The predicted octanol–water partition coefficient (Wildman–Crippen LogP) is 3.91. The number of esters is 1. The average Bonchev–Trinajstić information content (AvgIpc) is 2.95. The Morgan fingerprint density at radius 3 is 2.79 bits per heavy atom. The van der Waals surface area contributed by atoms with Gasteiger partial charge in [0.15, 0.2) is 0 Å². The summed E-state index contributed by atoms with van der Waals surface area (Å²) in [5.74, 6) is -1.35. The number of rotatable bonds is 3. The summed E-state index contributed by atoms with van der Waals surface area (Å²) in [5, 5.41) is 1.01. The van der Waals surface area contributed by atoms with E-state index in [0.717, 1.165) is 16.5 Å². The van der Waals surface area contributed by atoms with Gasteiger partial charge in [0.25, 0.3) is 5.91 Å². The van der Waals surface area contributed by atoms with Crippen molar-refractivity contribution in [3.8, 4) is 0 Å². The zero-order valence-electron chi connectivity index (χ0n) is 15.4. The first-order chi connectivity index (χ1) is 13.6. The molecule has 0 radical (unpaired) electrons. The van der Waals surface area contributed by atoms with Gasteiger partial charge in [-0.1, -0.05) is 24.3 Å². The molecular formula is C22H19FN2O3. The minimum absolute atomic E-state index is 0.226. The molecule has 3 aromatic rings. The van der Waals surface area contributed by atoms with Gasteiger partial charge in [0.1, 0.15) is 5.82 Å². The molecular weight excluding hydrogens is 359 g/mol. The summed E-state index contributed by atoms with van der Waals surface area (Å²) in [6.07, 6.45) is 2.06. The van der Waals surface area contributed by atoms with Crippen molar-refractivity contribution in [2.45, 2.75) is 13.3 Å². The predicted molar refractivity (Wildman–Crippen MR) is 104 cm³/mol. The monoisotopic (exact) mass is 378 g/mol. The van der Waals surface area contributed by atoms with Crippen LogP contribution in [0.15, 0.2) is 54.7 Å². The number of ether oxygens (including phenoxy) is 1. The van der Waals surface area contributed by atoms with Gasteiger partial charge < -0.3 is 14.6 Å². The first-order valence-electron chi connectivity index (χ1n) is 9.14. The Bertz CT molecular complexity index is 1100. The van der Waals surface area contributed by atoms with E-state index in [1.54, 1.807) is 13.0 Å². The van der Waals surface area contributed by atoms with Crippen molar-refractivity contribution in [1.82, 2.24) is 9.88 Å². The zero-order chi connectivity index (χ0) is 19.7. The molecule has 0 spiro atoms. The quantitative estimate of drug-likeness (QED) is 0.703. The first kappa shape index (κ1) is 18.0. The van der Waals surface area contributed by atoms with Crippen molar-refractivity contribution >= 4 is 28.4 Å². The molecule has 1 aliphatic heterocycles. The standard InChI is InChI=1S/C22H19FN2O3/c1-2-28-22(27)18-13-25(21(26)14-6-5-7-15(23)12-14)11-10-17-16-8-3-4-9-19(16)24-20(17)18/h3-9,12-13,24H,2,10-11H2,1H3. The number of fused-ring (bicyclic) bond motifs is 3. The molecule has 142 valence electrons. The molecule has 2 heterocycles. The van der Waals surface area contributed by atoms with Crippen LogP contribution in [0.1, 0.15) is 28.5 Å². The van der Waals surface area contributed by atoms with Crippen LogP contribution in [0.2, 0.25) is 0 Å². The van der Waals surface area contributed by atoms with E-state index in [9.17, 15) is 14.0 Å². The number of hydrogen-bond donors (Lipinski definition) is 1. The van der Waals surface area contributed by atoms with Crippen LogP contribution in [0, 0.1) is 5.82 Å². The lowest BCUT2D eigenvalue weighted by atomic mass is 10.0. The Kier molecular flexibility index (Phi) is 4.69. The zero-order valence-corrected chi connectivity index (χ0v) is 15.4. The number of amides is 1. The van der Waals surface area contributed by atoms with Crippen LogP contribution in [-0.4, -0.2) is 34.9 Å². The van der Waals surface area contributed by atoms with Crippen LogP contribution in [-0.2, 0) is 16.0 Å². The number of hydrogen-bond acceptors (Lipinski definition) is 3. The van der Waals surface area contributed by atoms with Crippen molar-refractivity contribution in [1.29, 1.82) is 0 Å². The fourth-order valence-electron chi connectivity index (χ4n) is 3.52. The number of carbonyl (C=O) groups excluding carboxylic acids is 2. The molecule has 0 unspecified atom stereocenters. The molecule has 4 rings (SSSR count). The summed E-state index contributed by atoms with van der Waals surface area (Å²) in [6.45, 7) is 2.33. The van der Waals surface area contributed by atoms with Crippen molar-refractivity contribution in [3.63, 3.8) is 0 Å². The second-order valence-electron chi connectivity index (χ2n) is 6.55. The number of aromatic amines is 1. The molecule has 28 heavy (non-hydrogen) atoms. The highest BCUT2D eigenvalue weighted by Crippen LogP contribution is 2.31. The maximum atomic E-state index is 13.6. The number of aromatic nitrogens is 1. The fraction of sp³-hybridized carbons (Fsp3) is 0.182. The van der Waals surface area contributed by atoms with Gasteiger partial charge in [-0.05, 0) is 43.2 Å². The molecule has 6 heteroatoms. The van der Waals surface area contributed by atoms with E-state index in [2.05, 4.69) is 4.98 Å². The van der Waals surface area contributed by atoms with Gasteiger partial charge in [0, 0.05) is 29.2 Å². The van der Waals surface area contributed by atoms with Gasteiger partial charge in [-0.3, -0.25) is 4.79 Å². The van der Waals surface area contributed by atoms with Crippen LogP contribution in [0.5, 0.6) is 0 Å². The number of halogens is 1. The molecule has 0 saturated heterocycles. The third-order valence-corrected chi connectivity index (χ3v) is 4.80. The summed E-state index contributed by atoms with van der Waals surface area (Å²) in [7, 11) is 0. The molecule has 0 fully saturated rings. The molecule has 0 bridgehead atoms. The van der Waals surface area contributed by atoms with Crippen LogP contribution >= 0.6 is 0 Å². The van der Waals surface area contributed by atoms with Crippen LogP contribution < -0.4 is 0 Å². The molecule has 0 saturated carbocycles. The summed E-state index contributed by atoms with van der Waals surface area (Å²) >= 11 is 0. The Labute approximate surface area is 161 Å². The second kappa shape index (κ2) is 7.31. The Balaban J connectivity index is 1.80. The van der Waals surface area contributed by atoms with Crippen molar-refractivity contribution in [2.75, 3.05) is 13.2 Å². The SMILES string of the molecule is CCOC(=O)C1=CN(C(=O)c2cccc(F)c2)CCc2c1[nH]c1ccccc21. The first-order valence-corrected chi connectivity index (χ1v) is 9.14. The topological polar surface area (TPSA) is 62.4 Å². The molecule has 1 aliphatic rings. The molecule has 1 aromatic heterocycles. The Morgan fingerprint density at radius 1 is 1.18 bits per heavy atom. The smallest absolute Gasteiger partial charge is 0.341 e. The van der Waals surface area contributed by atoms with Crippen molar-refractivity contribution < 1.29 is 18.7 Å². The molecule has 0 atom stereocenters. The maximum absolute atomic E-state index is 13.6. The molecule has 0 aliphatic carbocycles.